The molecule has 1 aliphatic carbocycles. The summed E-state index contributed by atoms with van der Waals surface area (Å²) in [5.74, 6) is 0.512. The minimum Gasteiger partial charge on any atom is -0.381 e. The van der Waals surface area contributed by atoms with E-state index in [2.05, 4.69) is 21.3 Å². The highest BCUT2D eigenvalue weighted by atomic mass is 32.2. The summed E-state index contributed by atoms with van der Waals surface area (Å²) in [6.45, 7) is 2.10. The molecule has 5 heterocycles. The Morgan fingerprint density at radius 3 is 2.56 bits per heavy atom. The first-order valence-electron chi connectivity index (χ1n) is 14.8. The Bertz CT molecular complexity index is 1790. The van der Waals surface area contributed by atoms with Crippen LogP contribution in [0, 0.1) is 0 Å². The Morgan fingerprint density at radius 2 is 1.72 bits per heavy atom. The number of sulfone groups is 1. The molecule has 0 bridgehead atoms. The number of hydrogen-bond acceptors (Lipinski definition) is 9. The molecule has 3 aromatic heterocycles. The van der Waals surface area contributed by atoms with Crippen LogP contribution >= 0.6 is 0 Å². The second-order valence-electron chi connectivity index (χ2n) is 11.3. The molecule has 4 aromatic rings. The molecule has 2 fully saturated rings. The Morgan fingerprint density at radius 1 is 0.907 bits per heavy atom. The molecule has 1 saturated carbocycles. The second-order valence-corrected chi connectivity index (χ2v) is 13.4. The molecule has 7 rings (SSSR count). The highest BCUT2D eigenvalue weighted by Gasteiger charge is 2.35. The molecule has 1 N–H and O–H groups in total. The number of hydrogen-bond donors (Lipinski definition) is 1. The third-order valence-corrected chi connectivity index (χ3v) is 10.0. The van der Waals surface area contributed by atoms with E-state index in [9.17, 15) is 13.2 Å². The number of nitrogens with zero attached hydrogens (tertiary/aromatic N) is 4. The van der Waals surface area contributed by atoms with Crippen molar-refractivity contribution in [1.82, 2.24) is 20.3 Å². The minimum absolute atomic E-state index is 0.102. The van der Waals surface area contributed by atoms with Gasteiger partial charge in [-0.1, -0.05) is 12.1 Å². The summed E-state index contributed by atoms with van der Waals surface area (Å²) in [4.78, 5) is 30.1. The van der Waals surface area contributed by atoms with Crippen LogP contribution in [0.2, 0.25) is 0 Å². The van der Waals surface area contributed by atoms with Crippen LogP contribution in [0.3, 0.4) is 0 Å². The van der Waals surface area contributed by atoms with Gasteiger partial charge in [-0.3, -0.25) is 9.78 Å². The molecule has 0 spiro atoms. The zero-order valence-electron chi connectivity index (χ0n) is 23.7. The molecule has 43 heavy (non-hydrogen) atoms. The highest BCUT2D eigenvalue weighted by molar-refractivity contribution is 7.91. The lowest BCUT2D eigenvalue weighted by atomic mass is 10.1. The first-order valence-corrected chi connectivity index (χ1v) is 16.4. The standard InChI is InChI=1S/C32H33N5O5S/c38-32(21-4-5-23-20-42-14-15-43(39,40)30(23)16-21)34-19-24-17-29-22(18-33-24)6-9-28(35-29)27-2-1-3-31(36-27)37(25-7-8-25)26-10-12-41-13-11-26/h1-6,9,16-18,25-26H,7-8,10-15,19-20H2,(H,34,38). The van der Waals surface area contributed by atoms with Gasteiger partial charge in [0.25, 0.3) is 5.91 Å². The van der Waals surface area contributed by atoms with Crippen molar-refractivity contribution in [3.8, 4) is 11.4 Å². The van der Waals surface area contributed by atoms with E-state index in [0.29, 0.717) is 23.3 Å². The maximum absolute atomic E-state index is 13.0. The lowest BCUT2D eigenvalue weighted by Crippen LogP contribution is -2.41. The van der Waals surface area contributed by atoms with Gasteiger partial charge in [0.2, 0.25) is 0 Å². The maximum atomic E-state index is 13.0. The fourth-order valence-corrected chi connectivity index (χ4v) is 7.22. The number of carbonyl (C=O) groups is 1. The zero-order valence-corrected chi connectivity index (χ0v) is 24.6. The Hall–Kier alpha value is -3.93. The molecule has 10 nitrogen and oxygen atoms in total. The molecule has 1 amide bonds. The van der Waals surface area contributed by atoms with Crippen molar-refractivity contribution in [2.45, 2.75) is 55.8 Å². The van der Waals surface area contributed by atoms with Crippen molar-refractivity contribution in [2.75, 3.05) is 30.5 Å². The van der Waals surface area contributed by atoms with E-state index in [1.54, 1.807) is 18.3 Å². The normalized spacial score (nSPS) is 18.5. The van der Waals surface area contributed by atoms with Gasteiger partial charge in [0, 0.05) is 42.4 Å². The molecule has 1 saturated heterocycles. The minimum atomic E-state index is -3.51. The van der Waals surface area contributed by atoms with E-state index in [1.165, 1.54) is 18.9 Å². The summed E-state index contributed by atoms with van der Waals surface area (Å²) in [6.07, 6.45) is 6.17. The number of fused-ring (bicyclic) bond motifs is 2. The third-order valence-electron chi connectivity index (χ3n) is 8.26. The van der Waals surface area contributed by atoms with Gasteiger partial charge in [-0.15, -0.1) is 0 Å². The van der Waals surface area contributed by atoms with Crippen molar-refractivity contribution in [2.24, 2.45) is 0 Å². The van der Waals surface area contributed by atoms with E-state index in [0.717, 1.165) is 54.2 Å². The number of pyridine rings is 3. The van der Waals surface area contributed by atoms with E-state index in [-0.39, 0.29) is 41.9 Å². The van der Waals surface area contributed by atoms with Crippen LogP contribution in [-0.2, 0) is 32.5 Å². The van der Waals surface area contributed by atoms with E-state index < -0.39 is 9.84 Å². The fourth-order valence-electron chi connectivity index (χ4n) is 5.83. The number of benzene rings is 1. The quantitative estimate of drug-likeness (QED) is 0.335. The summed E-state index contributed by atoms with van der Waals surface area (Å²) in [7, 11) is -3.51. The van der Waals surface area contributed by atoms with Gasteiger partial charge < -0.3 is 19.7 Å². The zero-order chi connectivity index (χ0) is 29.4. The molecule has 0 unspecified atom stereocenters. The van der Waals surface area contributed by atoms with Crippen molar-refractivity contribution in [3.63, 3.8) is 0 Å². The second kappa shape index (κ2) is 11.6. The Labute approximate surface area is 250 Å². The molecule has 0 atom stereocenters. The molecular weight excluding hydrogens is 566 g/mol. The first kappa shape index (κ1) is 27.9. The largest absolute Gasteiger partial charge is 0.381 e. The average molecular weight is 600 g/mol. The van der Waals surface area contributed by atoms with Crippen LogP contribution in [0.1, 0.15) is 47.3 Å². The summed E-state index contributed by atoms with van der Waals surface area (Å²) < 4.78 is 36.2. The van der Waals surface area contributed by atoms with Crippen LogP contribution in [0.15, 0.2) is 65.7 Å². The number of aromatic nitrogens is 3. The summed E-state index contributed by atoms with van der Waals surface area (Å²) in [6, 6.07) is 17.6. The molecule has 1 aromatic carbocycles. The molecular formula is C32H33N5O5S. The first-order chi connectivity index (χ1) is 20.9. The van der Waals surface area contributed by atoms with Crippen LogP contribution in [0.25, 0.3) is 22.3 Å². The molecule has 2 aliphatic heterocycles. The average Bonchev–Trinajstić information content (AvgIpc) is 3.88. The Balaban J connectivity index is 1.09. The van der Waals surface area contributed by atoms with Crippen LogP contribution in [0.5, 0.6) is 0 Å². The number of amides is 1. The molecule has 222 valence electrons. The monoisotopic (exact) mass is 599 g/mol. The van der Waals surface area contributed by atoms with E-state index in [1.807, 2.05) is 30.3 Å². The molecule has 0 radical (unpaired) electrons. The van der Waals surface area contributed by atoms with Gasteiger partial charge >= 0.3 is 0 Å². The summed E-state index contributed by atoms with van der Waals surface area (Å²) in [5, 5.41) is 3.75. The molecule has 3 aliphatic rings. The van der Waals surface area contributed by atoms with Gasteiger partial charge in [0.15, 0.2) is 9.84 Å². The van der Waals surface area contributed by atoms with Crippen molar-refractivity contribution < 1.29 is 22.7 Å². The summed E-state index contributed by atoms with van der Waals surface area (Å²) >= 11 is 0. The SMILES string of the molecule is O=C(NCc1cc2nc(-c3cccc(N(C4CCOCC4)C4CC4)n3)ccc2cn1)c1ccc2c(c1)S(=O)(=O)CCOC2. The Kier molecular flexibility index (Phi) is 7.54. The van der Waals surface area contributed by atoms with Gasteiger partial charge in [-0.2, -0.15) is 0 Å². The van der Waals surface area contributed by atoms with Crippen LogP contribution in [-0.4, -0.2) is 66.9 Å². The lowest BCUT2D eigenvalue weighted by Gasteiger charge is -2.35. The molecule has 11 heteroatoms. The number of nitrogens with one attached hydrogen (secondary N) is 1. The van der Waals surface area contributed by atoms with E-state index in [4.69, 9.17) is 19.4 Å². The summed E-state index contributed by atoms with van der Waals surface area (Å²) in [5.41, 5.74) is 3.82. The van der Waals surface area contributed by atoms with Crippen molar-refractivity contribution >= 4 is 32.5 Å². The number of ether oxygens (including phenoxy) is 2. The number of anilines is 1. The van der Waals surface area contributed by atoms with Gasteiger partial charge in [0.05, 0.1) is 53.0 Å². The van der Waals surface area contributed by atoms with Gasteiger partial charge in [0.1, 0.15) is 5.82 Å². The van der Waals surface area contributed by atoms with E-state index >= 15 is 0 Å². The third kappa shape index (κ3) is 5.97. The smallest absolute Gasteiger partial charge is 0.251 e. The predicted molar refractivity (Wildman–Crippen MR) is 161 cm³/mol. The van der Waals surface area contributed by atoms with Crippen molar-refractivity contribution in [1.29, 1.82) is 0 Å². The topological polar surface area (TPSA) is 124 Å². The predicted octanol–water partition coefficient (Wildman–Crippen LogP) is 4.07. The van der Waals surface area contributed by atoms with Crippen molar-refractivity contribution in [3.05, 3.63) is 77.6 Å². The van der Waals surface area contributed by atoms with Gasteiger partial charge in [-0.25, -0.2) is 18.4 Å². The van der Waals surface area contributed by atoms with Crippen LogP contribution in [0.4, 0.5) is 5.82 Å². The van der Waals surface area contributed by atoms with Crippen LogP contribution < -0.4 is 10.2 Å². The highest BCUT2D eigenvalue weighted by Crippen LogP contribution is 2.36. The maximum Gasteiger partial charge on any atom is 0.251 e. The van der Waals surface area contributed by atoms with Gasteiger partial charge in [-0.05, 0) is 73.7 Å². The lowest BCUT2D eigenvalue weighted by molar-refractivity contribution is 0.0839. The fraction of sp³-hybridized carbons (Fsp3) is 0.375. The number of rotatable bonds is 7. The number of carbonyl (C=O) groups excluding carboxylic acids is 1.